The second-order valence-electron chi connectivity index (χ2n) is 10.7. The van der Waals surface area contributed by atoms with Crippen molar-refractivity contribution in [3.63, 3.8) is 0 Å². The molecular weight excluding hydrogens is 483 g/mol. The lowest BCUT2D eigenvalue weighted by Crippen LogP contribution is -2.13. The summed E-state index contributed by atoms with van der Waals surface area (Å²) in [7, 11) is -4.75. The number of unbranched alkanes of at least 4 members (excludes halogenated alkanes) is 12. The molecule has 0 saturated heterocycles. The van der Waals surface area contributed by atoms with Crippen LogP contribution in [0.2, 0.25) is 0 Å². The Hall–Kier alpha value is -0.440. The molecule has 5 heteroatoms. The van der Waals surface area contributed by atoms with E-state index in [1.54, 1.807) is 61.4 Å². The highest BCUT2D eigenvalue weighted by Gasteiger charge is 2.34. The monoisotopic (exact) mass is 542 g/mol. The van der Waals surface area contributed by atoms with Crippen LogP contribution < -0.4 is 0 Å². The summed E-state index contributed by atoms with van der Waals surface area (Å²) < 4.78 is 30.7. The SMILES string of the molecule is CCCCCCCCCCCC[P+](CCCC)(CCCC)CCCC.O=S(=O)([O-])Cc1ccccc1. The molecule has 0 aliphatic carbocycles. The fraction of sp³-hybridized carbons (Fsp3) is 0.806. The molecule has 0 heterocycles. The Kier molecular flexibility index (Phi) is 23.4. The van der Waals surface area contributed by atoms with Crippen LogP contribution in [0.15, 0.2) is 30.3 Å². The highest BCUT2D eigenvalue weighted by molar-refractivity contribution is 7.84. The van der Waals surface area contributed by atoms with Crippen LogP contribution in [0.25, 0.3) is 0 Å². The van der Waals surface area contributed by atoms with E-state index in [0.717, 1.165) is 0 Å². The van der Waals surface area contributed by atoms with Gasteiger partial charge >= 0.3 is 0 Å². The first kappa shape index (κ1) is 35.6. The first-order valence-corrected chi connectivity index (χ1v) is 19.3. The Labute approximate surface area is 226 Å². The van der Waals surface area contributed by atoms with E-state index in [4.69, 9.17) is 0 Å². The molecule has 0 aliphatic heterocycles. The van der Waals surface area contributed by atoms with Gasteiger partial charge in [-0.2, -0.15) is 0 Å². The Morgan fingerprint density at radius 2 is 0.917 bits per heavy atom. The third-order valence-corrected chi connectivity index (χ3v) is 12.9. The van der Waals surface area contributed by atoms with Crippen molar-refractivity contribution in [2.75, 3.05) is 24.6 Å². The van der Waals surface area contributed by atoms with Gasteiger partial charge in [-0.25, -0.2) is 8.42 Å². The molecule has 0 unspecified atom stereocenters. The van der Waals surface area contributed by atoms with Gasteiger partial charge in [0.25, 0.3) is 0 Å². The quantitative estimate of drug-likeness (QED) is 0.0832. The first-order valence-electron chi connectivity index (χ1n) is 15.1. The van der Waals surface area contributed by atoms with Crippen molar-refractivity contribution in [3.05, 3.63) is 35.9 Å². The molecule has 0 spiro atoms. The highest BCUT2D eigenvalue weighted by Crippen LogP contribution is 2.61. The number of rotatable bonds is 22. The van der Waals surface area contributed by atoms with Gasteiger partial charge < -0.3 is 4.55 Å². The number of hydrogen-bond donors (Lipinski definition) is 0. The van der Waals surface area contributed by atoms with Gasteiger partial charge in [-0.1, -0.05) is 129 Å². The second-order valence-corrected chi connectivity index (χ2v) is 16.5. The minimum atomic E-state index is -4.13. The van der Waals surface area contributed by atoms with Crippen LogP contribution in [0.5, 0.6) is 0 Å². The average Bonchev–Trinajstić information content (AvgIpc) is 2.86. The van der Waals surface area contributed by atoms with Gasteiger partial charge in [0, 0.05) is 7.26 Å². The van der Waals surface area contributed by atoms with E-state index in [2.05, 4.69) is 27.7 Å². The zero-order valence-corrected chi connectivity index (χ0v) is 26.0. The van der Waals surface area contributed by atoms with Crippen molar-refractivity contribution in [2.45, 2.75) is 136 Å². The molecule has 0 aliphatic rings. The zero-order chi connectivity index (χ0) is 27.0. The van der Waals surface area contributed by atoms with E-state index < -0.39 is 23.1 Å². The molecule has 1 rings (SSSR count). The van der Waals surface area contributed by atoms with Gasteiger partial charge in [-0.05, 0) is 37.7 Å². The van der Waals surface area contributed by atoms with E-state index in [9.17, 15) is 13.0 Å². The lowest BCUT2D eigenvalue weighted by Gasteiger charge is -2.28. The summed E-state index contributed by atoms with van der Waals surface area (Å²) in [6.07, 6.45) is 30.0. The van der Waals surface area contributed by atoms with Crippen molar-refractivity contribution in [1.29, 1.82) is 0 Å². The number of hydrogen-bond acceptors (Lipinski definition) is 3. The van der Waals surface area contributed by atoms with E-state index in [0.29, 0.717) is 5.56 Å². The van der Waals surface area contributed by atoms with Crippen LogP contribution in [-0.2, 0) is 15.9 Å². The molecule has 0 bridgehead atoms. The molecule has 0 amide bonds. The molecule has 1 aromatic carbocycles. The lowest BCUT2D eigenvalue weighted by atomic mass is 10.1. The fourth-order valence-electron chi connectivity index (χ4n) is 4.86. The molecule has 0 aromatic heterocycles. The van der Waals surface area contributed by atoms with E-state index in [1.165, 1.54) is 96.3 Å². The minimum absolute atomic E-state index is 0.423. The van der Waals surface area contributed by atoms with Crippen LogP contribution in [0.3, 0.4) is 0 Å². The normalized spacial score (nSPS) is 11.8. The highest BCUT2D eigenvalue weighted by atomic mass is 32.2. The molecule has 1 aromatic rings. The van der Waals surface area contributed by atoms with Crippen molar-refractivity contribution in [1.82, 2.24) is 0 Å². The zero-order valence-electron chi connectivity index (χ0n) is 24.3. The van der Waals surface area contributed by atoms with Crippen LogP contribution in [0.4, 0.5) is 0 Å². The number of benzene rings is 1. The molecule has 0 atom stereocenters. The maximum atomic E-state index is 10.2. The predicted molar refractivity (Wildman–Crippen MR) is 163 cm³/mol. The van der Waals surface area contributed by atoms with Gasteiger partial charge in [-0.15, -0.1) is 0 Å². The average molecular weight is 543 g/mol. The van der Waals surface area contributed by atoms with Crippen LogP contribution in [0.1, 0.15) is 136 Å². The largest absolute Gasteiger partial charge is 0.748 e. The van der Waals surface area contributed by atoms with Crippen molar-refractivity contribution < 1.29 is 13.0 Å². The molecule has 0 fully saturated rings. The predicted octanol–water partition coefficient (Wildman–Crippen LogP) is 10.1. The summed E-state index contributed by atoms with van der Waals surface area (Å²) in [4.78, 5) is 0. The molecule has 0 saturated carbocycles. The molecule has 3 nitrogen and oxygen atoms in total. The molecule has 0 radical (unpaired) electrons. The minimum Gasteiger partial charge on any atom is -0.748 e. The summed E-state index contributed by atoms with van der Waals surface area (Å²) in [5.74, 6) is -0.423. The van der Waals surface area contributed by atoms with E-state index >= 15 is 0 Å². The Morgan fingerprint density at radius 1 is 0.556 bits per heavy atom. The smallest absolute Gasteiger partial charge is 0.0988 e. The third-order valence-electron chi connectivity index (χ3n) is 7.13. The second kappa shape index (κ2) is 23.7. The van der Waals surface area contributed by atoms with Crippen molar-refractivity contribution in [2.24, 2.45) is 0 Å². The van der Waals surface area contributed by atoms with Gasteiger partial charge in [0.1, 0.15) is 0 Å². The summed E-state index contributed by atoms with van der Waals surface area (Å²) in [6, 6.07) is 8.37. The van der Waals surface area contributed by atoms with E-state index in [1.807, 2.05) is 0 Å². The van der Waals surface area contributed by atoms with Gasteiger partial charge in [0.15, 0.2) is 0 Å². The summed E-state index contributed by atoms with van der Waals surface area (Å²) in [5, 5.41) is 0. The van der Waals surface area contributed by atoms with Gasteiger partial charge in [0.2, 0.25) is 0 Å². The Morgan fingerprint density at radius 3 is 1.31 bits per heavy atom. The maximum absolute atomic E-state index is 10.2. The lowest BCUT2D eigenvalue weighted by molar-refractivity contribution is 0.462. The van der Waals surface area contributed by atoms with Gasteiger partial charge in [0.05, 0.1) is 40.5 Å². The maximum Gasteiger partial charge on any atom is 0.0988 e. The van der Waals surface area contributed by atoms with Gasteiger partial charge in [-0.3, -0.25) is 0 Å². The summed E-state index contributed by atoms with van der Waals surface area (Å²) >= 11 is 0. The third kappa shape index (κ3) is 21.6. The first-order chi connectivity index (χ1) is 17.3. The topological polar surface area (TPSA) is 57.2 Å². The van der Waals surface area contributed by atoms with Crippen molar-refractivity contribution >= 4 is 17.4 Å². The molecule has 0 N–H and O–H groups in total. The molecule has 36 heavy (non-hydrogen) atoms. The standard InChI is InChI=1S/C24H52P.C7H8O3S/c1-5-9-13-14-15-16-17-18-19-20-24-25(21-10-6-2,22-11-7-3)23-12-8-4;8-11(9,10)6-7-4-2-1-3-5-7/h5-24H2,1-4H3;1-5H,6H2,(H,8,9,10)/q+1;/p-1. The van der Waals surface area contributed by atoms with Crippen LogP contribution in [0, 0.1) is 0 Å². The van der Waals surface area contributed by atoms with Crippen LogP contribution in [-0.4, -0.2) is 37.6 Å². The molecule has 212 valence electrons. The molecular formula is C31H59O3PS. The Bertz CT molecular complexity index is 669. The summed E-state index contributed by atoms with van der Waals surface area (Å²) in [5.41, 5.74) is 0.530. The van der Waals surface area contributed by atoms with Crippen LogP contribution >= 0.6 is 7.26 Å². The van der Waals surface area contributed by atoms with Crippen molar-refractivity contribution in [3.8, 4) is 0 Å². The van der Waals surface area contributed by atoms with E-state index in [-0.39, 0.29) is 0 Å². The Balaban J connectivity index is 0.000000918. The fourth-order valence-corrected chi connectivity index (χ4v) is 10.7. The summed E-state index contributed by atoms with van der Waals surface area (Å²) in [6.45, 7) is 9.46.